The Bertz CT molecular complexity index is 1260. The van der Waals surface area contributed by atoms with Gasteiger partial charge in [-0.1, -0.05) is 48.0 Å². The number of hydrazone groups is 1. The average molecular weight is 511 g/mol. The van der Waals surface area contributed by atoms with Crippen molar-refractivity contribution in [3.05, 3.63) is 77.3 Å². The smallest absolute Gasteiger partial charge is 0.459 e. The van der Waals surface area contributed by atoms with E-state index in [1.807, 2.05) is 0 Å². The van der Waals surface area contributed by atoms with Gasteiger partial charge in [-0.2, -0.15) is 27.1 Å². The molecule has 4 rings (SSSR count). The summed E-state index contributed by atoms with van der Waals surface area (Å²) in [5, 5.41) is 5.03. The Morgan fingerprint density at radius 1 is 0.857 bits per heavy atom. The van der Waals surface area contributed by atoms with Gasteiger partial charge in [0.15, 0.2) is 11.5 Å². The first kappa shape index (κ1) is 24.8. The molecule has 3 aromatic carbocycles. The molecule has 1 atom stereocenters. The molecule has 1 aliphatic rings. The molecule has 0 amide bonds. The summed E-state index contributed by atoms with van der Waals surface area (Å²) >= 11 is 6.25. The molecule has 0 fully saturated rings. The van der Waals surface area contributed by atoms with Gasteiger partial charge in [-0.25, -0.2) is 0 Å². The minimum absolute atomic E-state index is 0.175. The molecule has 3 aromatic rings. The summed E-state index contributed by atoms with van der Waals surface area (Å²) in [6.07, 6.45) is -6.40. The number of rotatable bonds is 6. The molecule has 1 unspecified atom stereocenters. The van der Waals surface area contributed by atoms with Crippen LogP contribution in [-0.4, -0.2) is 32.0 Å². The van der Waals surface area contributed by atoms with Crippen molar-refractivity contribution in [3.63, 3.8) is 0 Å². The number of benzene rings is 3. The molecular weight excluding hydrogens is 491 g/mol. The maximum absolute atomic E-state index is 14.3. The lowest BCUT2D eigenvalue weighted by atomic mass is 9.95. The molecule has 0 N–H and O–H groups in total. The van der Waals surface area contributed by atoms with Gasteiger partial charge in [0.2, 0.25) is 0 Å². The second-order valence-electron chi connectivity index (χ2n) is 7.83. The summed E-state index contributed by atoms with van der Waals surface area (Å²) in [6, 6.07) is 17.5. The zero-order valence-electron chi connectivity index (χ0n) is 18.6. The number of nitrogens with zero attached hydrogens (tertiary/aromatic N) is 2. The van der Waals surface area contributed by atoms with Crippen LogP contribution in [0.1, 0.15) is 18.0 Å². The van der Waals surface area contributed by atoms with Crippen LogP contribution in [0.25, 0.3) is 11.1 Å². The Kier molecular flexibility index (Phi) is 6.64. The predicted molar refractivity (Wildman–Crippen MR) is 125 cm³/mol. The van der Waals surface area contributed by atoms with Crippen molar-refractivity contribution in [2.24, 2.45) is 5.10 Å². The third kappa shape index (κ3) is 4.65. The first-order valence-corrected chi connectivity index (χ1v) is 10.8. The molecule has 10 heteroatoms. The number of halogens is 6. The molecule has 0 spiro atoms. The number of ether oxygens (including phenoxy) is 2. The largest absolute Gasteiger partial charge is 0.493 e. The predicted octanol–water partition coefficient (Wildman–Crippen LogP) is 7.53. The van der Waals surface area contributed by atoms with Crippen molar-refractivity contribution in [1.82, 2.24) is 0 Å². The fourth-order valence-electron chi connectivity index (χ4n) is 3.92. The summed E-state index contributed by atoms with van der Waals surface area (Å²) in [7, 11) is 3.01. The van der Waals surface area contributed by atoms with Gasteiger partial charge in [0, 0.05) is 6.42 Å². The molecule has 184 valence electrons. The van der Waals surface area contributed by atoms with Gasteiger partial charge in [-0.3, -0.25) is 5.01 Å². The molecule has 0 radical (unpaired) electrons. The Balaban J connectivity index is 1.78. The summed E-state index contributed by atoms with van der Waals surface area (Å²) in [5.41, 5.74) is 0.899. The van der Waals surface area contributed by atoms with E-state index >= 15 is 0 Å². The molecule has 0 bridgehead atoms. The van der Waals surface area contributed by atoms with E-state index in [2.05, 4.69) is 5.10 Å². The highest BCUT2D eigenvalue weighted by atomic mass is 35.5. The molecule has 0 aliphatic carbocycles. The summed E-state index contributed by atoms with van der Waals surface area (Å²) < 4.78 is 78.6. The van der Waals surface area contributed by atoms with Gasteiger partial charge in [0.25, 0.3) is 0 Å². The van der Waals surface area contributed by atoms with E-state index in [4.69, 9.17) is 21.1 Å². The zero-order valence-corrected chi connectivity index (χ0v) is 19.4. The minimum atomic E-state index is -5.77. The van der Waals surface area contributed by atoms with Gasteiger partial charge in [-0.05, 0) is 47.0 Å². The molecule has 0 saturated carbocycles. The number of methoxy groups -OCH3 is 2. The number of anilines is 1. The molecule has 0 saturated heterocycles. The van der Waals surface area contributed by atoms with E-state index in [0.717, 1.165) is 10.6 Å². The van der Waals surface area contributed by atoms with Gasteiger partial charge in [0.1, 0.15) is 5.71 Å². The van der Waals surface area contributed by atoms with Crippen molar-refractivity contribution < 1.29 is 31.4 Å². The van der Waals surface area contributed by atoms with Gasteiger partial charge < -0.3 is 9.47 Å². The first-order chi connectivity index (χ1) is 16.6. The second-order valence-corrected chi connectivity index (χ2v) is 8.24. The average Bonchev–Trinajstić information content (AvgIpc) is 3.29. The molecule has 1 aliphatic heterocycles. The van der Waals surface area contributed by atoms with E-state index in [1.54, 1.807) is 54.6 Å². The molecule has 0 aromatic heterocycles. The SMILES string of the molecule is COc1ccc(-c2cccc(C3CC(C(F)(F)C(F)(F)F)=NN3c3ccccc3Cl)c2)cc1OC. The van der Waals surface area contributed by atoms with Crippen molar-refractivity contribution in [2.75, 3.05) is 19.2 Å². The van der Waals surface area contributed by atoms with Crippen molar-refractivity contribution in [2.45, 2.75) is 24.6 Å². The standard InChI is InChI=1S/C25H20ClF5N2O2/c1-34-21-11-10-16(13-22(21)35-2)15-6-5-7-17(12-15)20-14-23(24(27,28)25(29,30)31)32-33(20)19-9-4-3-8-18(19)26/h3-13,20H,14H2,1-2H3. The van der Waals surface area contributed by atoms with Crippen LogP contribution in [0.2, 0.25) is 5.02 Å². The number of hydrogen-bond donors (Lipinski definition) is 0. The third-order valence-corrected chi connectivity index (χ3v) is 6.04. The van der Waals surface area contributed by atoms with Crippen LogP contribution < -0.4 is 14.5 Å². The first-order valence-electron chi connectivity index (χ1n) is 10.5. The Morgan fingerprint density at radius 3 is 2.20 bits per heavy atom. The maximum atomic E-state index is 14.3. The van der Waals surface area contributed by atoms with E-state index in [1.165, 1.54) is 26.4 Å². The topological polar surface area (TPSA) is 34.1 Å². The van der Waals surface area contributed by atoms with Gasteiger partial charge in [-0.15, -0.1) is 0 Å². The number of para-hydroxylation sites is 1. The summed E-state index contributed by atoms with van der Waals surface area (Å²) in [5.74, 6) is -4.06. The monoisotopic (exact) mass is 510 g/mol. The van der Waals surface area contributed by atoms with Crippen molar-refractivity contribution in [3.8, 4) is 22.6 Å². The second kappa shape index (κ2) is 9.37. The molecule has 1 heterocycles. The van der Waals surface area contributed by atoms with Gasteiger partial charge in [0.05, 0.1) is 31.0 Å². The van der Waals surface area contributed by atoms with Crippen LogP contribution in [0.3, 0.4) is 0 Å². The molecule has 4 nitrogen and oxygen atoms in total. The lowest BCUT2D eigenvalue weighted by Gasteiger charge is -2.25. The van der Waals surface area contributed by atoms with E-state index < -0.39 is 30.3 Å². The summed E-state index contributed by atoms with van der Waals surface area (Å²) in [6.45, 7) is 0. The zero-order chi connectivity index (χ0) is 25.4. The minimum Gasteiger partial charge on any atom is -0.493 e. The lowest BCUT2D eigenvalue weighted by molar-refractivity contribution is -0.249. The highest BCUT2D eigenvalue weighted by molar-refractivity contribution is 6.33. The highest BCUT2D eigenvalue weighted by Crippen LogP contribution is 2.46. The highest BCUT2D eigenvalue weighted by Gasteiger charge is 2.62. The van der Waals surface area contributed by atoms with E-state index in [-0.39, 0.29) is 10.7 Å². The number of alkyl halides is 5. The molecular formula is C25H20ClF5N2O2. The van der Waals surface area contributed by atoms with Crippen molar-refractivity contribution >= 4 is 23.0 Å². The Morgan fingerprint density at radius 2 is 1.54 bits per heavy atom. The quantitative estimate of drug-likeness (QED) is 0.321. The maximum Gasteiger partial charge on any atom is 0.459 e. The van der Waals surface area contributed by atoms with E-state index in [9.17, 15) is 22.0 Å². The van der Waals surface area contributed by atoms with Crippen molar-refractivity contribution in [1.29, 1.82) is 0 Å². The summed E-state index contributed by atoms with van der Waals surface area (Å²) in [4.78, 5) is 0. The van der Waals surface area contributed by atoms with Crippen LogP contribution in [0.15, 0.2) is 71.8 Å². The fourth-order valence-corrected chi connectivity index (χ4v) is 4.15. The molecule has 35 heavy (non-hydrogen) atoms. The van der Waals surface area contributed by atoms with Crippen LogP contribution in [0.5, 0.6) is 11.5 Å². The van der Waals surface area contributed by atoms with E-state index in [0.29, 0.717) is 22.6 Å². The van der Waals surface area contributed by atoms with Crippen LogP contribution in [-0.2, 0) is 0 Å². The Hall–Kier alpha value is -3.33. The van der Waals surface area contributed by atoms with Crippen LogP contribution in [0, 0.1) is 0 Å². The van der Waals surface area contributed by atoms with Crippen LogP contribution >= 0.6 is 11.6 Å². The third-order valence-electron chi connectivity index (χ3n) is 5.72. The van der Waals surface area contributed by atoms with Crippen LogP contribution in [0.4, 0.5) is 27.6 Å². The number of hydrogen-bond acceptors (Lipinski definition) is 4. The van der Waals surface area contributed by atoms with Gasteiger partial charge >= 0.3 is 12.1 Å². The Labute approximate surface area is 203 Å². The fraction of sp³-hybridized carbons (Fsp3) is 0.240. The lowest BCUT2D eigenvalue weighted by Crippen LogP contribution is -2.43. The normalized spacial score (nSPS) is 16.3.